The van der Waals surface area contributed by atoms with Gasteiger partial charge in [0, 0.05) is 13.0 Å². The zero-order valence-electron chi connectivity index (χ0n) is 25.0. The van der Waals surface area contributed by atoms with Crippen molar-refractivity contribution in [2.75, 3.05) is 20.3 Å². The van der Waals surface area contributed by atoms with Crippen LogP contribution in [-0.2, 0) is 23.7 Å². The summed E-state index contributed by atoms with van der Waals surface area (Å²) in [4.78, 5) is 39.9. The normalized spacial score (nSPS) is 21.8. The number of benzene rings is 4. The number of ether oxygens (including phenoxy) is 5. The van der Waals surface area contributed by atoms with Crippen LogP contribution in [0.2, 0.25) is 0 Å². The molecule has 1 aliphatic heterocycles. The summed E-state index contributed by atoms with van der Waals surface area (Å²) in [6.45, 7) is -0.561. The standard InChI is InChI=1S/C36H33NO9/c1-42-35-30(37-36(41)43-21-28-26-18-10-8-16-24(26)25-17-9-11-19-27(25)28)32(46-34(40)23-14-6-3-7-15-23)31(29(20-38)44-35)45-33(39)22-12-4-2-5-13-22/h2-19,28-32,35,38H,20-21H2,1H3,(H,37,41)/t29-,30-,31-,32-,35-/m1/s1. The molecule has 1 aliphatic carbocycles. The highest BCUT2D eigenvalue weighted by Gasteiger charge is 2.51. The molecule has 0 aromatic heterocycles. The van der Waals surface area contributed by atoms with Crippen molar-refractivity contribution in [3.63, 3.8) is 0 Å². The molecule has 4 aromatic rings. The third-order valence-corrected chi connectivity index (χ3v) is 8.19. The third-order valence-electron chi connectivity index (χ3n) is 8.19. The summed E-state index contributed by atoms with van der Waals surface area (Å²) in [5, 5.41) is 13.0. The van der Waals surface area contributed by atoms with Crippen molar-refractivity contribution in [3.05, 3.63) is 131 Å². The van der Waals surface area contributed by atoms with E-state index in [1.165, 1.54) is 7.11 Å². The number of fused-ring (bicyclic) bond motifs is 3. The number of amides is 1. The molecule has 1 saturated heterocycles. The molecule has 5 atom stereocenters. The van der Waals surface area contributed by atoms with Crippen LogP contribution < -0.4 is 5.32 Å². The maximum Gasteiger partial charge on any atom is 0.407 e. The Morgan fingerprint density at radius 1 is 0.717 bits per heavy atom. The van der Waals surface area contributed by atoms with Gasteiger partial charge in [0.15, 0.2) is 18.5 Å². The van der Waals surface area contributed by atoms with Crippen molar-refractivity contribution < 1.29 is 43.2 Å². The van der Waals surface area contributed by atoms with Gasteiger partial charge in [0.05, 0.1) is 17.7 Å². The van der Waals surface area contributed by atoms with Gasteiger partial charge in [-0.1, -0.05) is 84.9 Å². The van der Waals surface area contributed by atoms with Crippen molar-refractivity contribution in [2.24, 2.45) is 0 Å². The maximum absolute atomic E-state index is 13.4. The second kappa shape index (κ2) is 13.9. The molecule has 1 heterocycles. The van der Waals surface area contributed by atoms with Gasteiger partial charge in [-0.2, -0.15) is 0 Å². The fourth-order valence-electron chi connectivity index (χ4n) is 6.00. The van der Waals surface area contributed by atoms with E-state index in [-0.39, 0.29) is 23.7 Å². The molecule has 10 nitrogen and oxygen atoms in total. The van der Waals surface area contributed by atoms with Gasteiger partial charge in [-0.15, -0.1) is 0 Å². The van der Waals surface area contributed by atoms with E-state index >= 15 is 0 Å². The molecule has 0 spiro atoms. The predicted molar refractivity (Wildman–Crippen MR) is 166 cm³/mol. The molecule has 10 heteroatoms. The van der Waals surface area contributed by atoms with E-state index in [0.29, 0.717) is 0 Å². The van der Waals surface area contributed by atoms with Crippen molar-refractivity contribution in [1.82, 2.24) is 5.32 Å². The minimum atomic E-state index is -1.34. The Balaban J connectivity index is 1.25. The summed E-state index contributed by atoms with van der Waals surface area (Å²) in [7, 11) is 1.35. The van der Waals surface area contributed by atoms with Crippen LogP contribution in [0.15, 0.2) is 109 Å². The average molecular weight is 624 g/mol. The lowest BCUT2D eigenvalue weighted by Crippen LogP contribution is -2.66. The third kappa shape index (κ3) is 6.36. The van der Waals surface area contributed by atoms with E-state index in [0.717, 1.165) is 22.3 Å². The highest BCUT2D eigenvalue weighted by Crippen LogP contribution is 2.44. The first kappa shape index (κ1) is 31.0. The molecule has 2 N–H and O–H groups in total. The molecule has 0 unspecified atom stereocenters. The van der Waals surface area contributed by atoms with Gasteiger partial charge in [0.1, 0.15) is 18.8 Å². The predicted octanol–water partition coefficient (Wildman–Crippen LogP) is 4.71. The van der Waals surface area contributed by atoms with E-state index in [1.54, 1.807) is 60.7 Å². The number of alkyl carbamates (subject to hydrolysis) is 1. The van der Waals surface area contributed by atoms with Crippen LogP contribution in [0.1, 0.15) is 37.8 Å². The SMILES string of the molecule is CO[C@@H]1O[C@H](CO)[C@@H](OC(=O)c2ccccc2)[C@H](OC(=O)c2ccccc2)[C@H]1NC(=O)OCC1c2ccccc2-c2ccccc21. The fourth-order valence-corrected chi connectivity index (χ4v) is 6.00. The minimum Gasteiger partial charge on any atom is -0.452 e. The van der Waals surface area contributed by atoms with E-state index in [2.05, 4.69) is 5.32 Å². The molecule has 1 fully saturated rings. The molecule has 2 aliphatic rings. The summed E-state index contributed by atoms with van der Waals surface area (Å²) < 4.78 is 28.9. The first-order valence-electron chi connectivity index (χ1n) is 14.9. The summed E-state index contributed by atoms with van der Waals surface area (Å²) in [5.41, 5.74) is 4.72. The number of esters is 2. The quantitative estimate of drug-likeness (QED) is 0.201. The van der Waals surface area contributed by atoms with E-state index in [9.17, 15) is 19.5 Å². The van der Waals surface area contributed by atoms with E-state index in [4.69, 9.17) is 23.7 Å². The second-order valence-electron chi connectivity index (χ2n) is 10.9. The molecule has 46 heavy (non-hydrogen) atoms. The molecule has 0 saturated carbocycles. The van der Waals surface area contributed by atoms with Crippen LogP contribution in [0, 0.1) is 0 Å². The van der Waals surface area contributed by atoms with Crippen molar-refractivity contribution in [2.45, 2.75) is 36.6 Å². The lowest BCUT2D eigenvalue weighted by molar-refractivity contribution is -0.261. The van der Waals surface area contributed by atoms with Gasteiger partial charge < -0.3 is 34.1 Å². The minimum absolute atomic E-state index is 0.0330. The number of methoxy groups -OCH3 is 1. The van der Waals surface area contributed by atoms with E-state index in [1.807, 2.05) is 48.5 Å². The summed E-state index contributed by atoms with van der Waals surface area (Å²) in [6.07, 6.45) is -5.83. The smallest absolute Gasteiger partial charge is 0.407 e. The van der Waals surface area contributed by atoms with Gasteiger partial charge in [-0.05, 0) is 46.5 Å². The number of hydrogen-bond donors (Lipinski definition) is 2. The second-order valence-corrected chi connectivity index (χ2v) is 10.9. The number of carbonyl (C=O) groups is 3. The Kier molecular flexibility index (Phi) is 9.39. The van der Waals surface area contributed by atoms with Crippen LogP contribution in [-0.4, -0.2) is 74.1 Å². The monoisotopic (exact) mass is 623 g/mol. The van der Waals surface area contributed by atoms with Crippen molar-refractivity contribution in [3.8, 4) is 11.1 Å². The van der Waals surface area contributed by atoms with Gasteiger partial charge in [-0.3, -0.25) is 0 Å². The molecule has 1 amide bonds. The first-order chi connectivity index (χ1) is 22.5. The average Bonchev–Trinajstić information content (AvgIpc) is 3.42. The fraction of sp³-hybridized carbons (Fsp3) is 0.250. The number of aliphatic hydroxyl groups is 1. The first-order valence-corrected chi connectivity index (χ1v) is 14.9. The molecule has 0 radical (unpaired) electrons. The Morgan fingerprint density at radius 2 is 1.22 bits per heavy atom. The summed E-state index contributed by atoms with van der Waals surface area (Å²) in [5.74, 6) is -1.66. The molecule has 236 valence electrons. The van der Waals surface area contributed by atoms with Crippen LogP contribution in [0.3, 0.4) is 0 Å². The maximum atomic E-state index is 13.4. The number of nitrogens with one attached hydrogen (secondary N) is 1. The van der Waals surface area contributed by atoms with Gasteiger partial charge in [0.2, 0.25) is 0 Å². The summed E-state index contributed by atoms with van der Waals surface area (Å²) >= 11 is 0. The zero-order chi connectivity index (χ0) is 32.0. The summed E-state index contributed by atoms with van der Waals surface area (Å²) in [6, 6.07) is 31.2. The number of carbonyl (C=O) groups excluding carboxylic acids is 3. The molecule has 4 aromatic carbocycles. The molecule has 6 rings (SSSR count). The van der Waals surface area contributed by atoms with Crippen molar-refractivity contribution in [1.29, 1.82) is 0 Å². The number of rotatable bonds is 9. The molecule has 0 bridgehead atoms. The Morgan fingerprint density at radius 3 is 1.74 bits per heavy atom. The zero-order valence-corrected chi connectivity index (χ0v) is 25.0. The Labute approximate surface area is 265 Å². The highest BCUT2D eigenvalue weighted by atomic mass is 16.7. The Bertz CT molecular complexity index is 1630. The lowest BCUT2D eigenvalue weighted by Gasteiger charge is -2.44. The van der Waals surface area contributed by atoms with Crippen molar-refractivity contribution >= 4 is 18.0 Å². The van der Waals surface area contributed by atoms with E-state index < -0.39 is 55.3 Å². The van der Waals surface area contributed by atoms with Crippen LogP contribution in [0.4, 0.5) is 4.79 Å². The van der Waals surface area contributed by atoms with Gasteiger partial charge in [0.25, 0.3) is 0 Å². The largest absolute Gasteiger partial charge is 0.452 e. The van der Waals surface area contributed by atoms with Crippen LogP contribution in [0.5, 0.6) is 0 Å². The topological polar surface area (TPSA) is 130 Å². The van der Waals surface area contributed by atoms with Crippen LogP contribution in [0.25, 0.3) is 11.1 Å². The number of aliphatic hydroxyl groups excluding tert-OH is 1. The van der Waals surface area contributed by atoms with Crippen LogP contribution >= 0.6 is 0 Å². The highest BCUT2D eigenvalue weighted by molar-refractivity contribution is 5.90. The molecular weight excluding hydrogens is 590 g/mol. The lowest BCUT2D eigenvalue weighted by atomic mass is 9.96. The molecular formula is C36H33NO9. The Hall–Kier alpha value is -5.03. The van der Waals surface area contributed by atoms with Gasteiger partial charge >= 0.3 is 18.0 Å². The van der Waals surface area contributed by atoms with Gasteiger partial charge in [-0.25, -0.2) is 14.4 Å². The number of hydrogen-bond acceptors (Lipinski definition) is 9.